The molecule has 0 unspecified atom stereocenters. The van der Waals surface area contributed by atoms with E-state index in [4.69, 9.17) is 0 Å². The van der Waals surface area contributed by atoms with Crippen LogP contribution in [0.15, 0.2) is 72.8 Å². The first-order valence-electron chi connectivity index (χ1n) is 10.1. The standard InChI is InChI=1S/C24H21N3O4S/c1-2-16-6-3-10-20(12-16)26-22(28)15-32-24(26)18-8-4-9-19(13-18)25-23(29)17-7-5-11-21(14-17)27(30)31/h3-14,24H,2,15H2,1H3,(H,25,29)/t24-/m1/s1. The highest BCUT2D eigenvalue weighted by Crippen LogP contribution is 2.42. The summed E-state index contributed by atoms with van der Waals surface area (Å²) in [6.45, 7) is 2.07. The Bertz CT molecular complexity index is 1200. The fourth-order valence-corrected chi connectivity index (χ4v) is 4.78. The monoisotopic (exact) mass is 447 g/mol. The zero-order valence-electron chi connectivity index (χ0n) is 17.4. The summed E-state index contributed by atoms with van der Waals surface area (Å²) in [7, 11) is 0. The molecule has 0 spiro atoms. The smallest absolute Gasteiger partial charge is 0.270 e. The lowest BCUT2D eigenvalue weighted by Crippen LogP contribution is -2.28. The van der Waals surface area contributed by atoms with Crippen molar-refractivity contribution in [2.45, 2.75) is 18.7 Å². The van der Waals surface area contributed by atoms with Crippen molar-refractivity contribution in [3.8, 4) is 0 Å². The Balaban J connectivity index is 1.58. The number of carbonyl (C=O) groups is 2. The predicted molar refractivity (Wildman–Crippen MR) is 126 cm³/mol. The molecule has 7 nitrogen and oxygen atoms in total. The lowest BCUT2D eigenvalue weighted by Gasteiger charge is -2.25. The van der Waals surface area contributed by atoms with Crippen molar-refractivity contribution in [1.29, 1.82) is 0 Å². The Kier molecular flexibility index (Phi) is 6.23. The van der Waals surface area contributed by atoms with Crippen LogP contribution in [-0.2, 0) is 11.2 Å². The van der Waals surface area contributed by atoms with E-state index in [-0.39, 0.29) is 22.5 Å². The van der Waals surface area contributed by atoms with Gasteiger partial charge in [-0.2, -0.15) is 0 Å². The number of hydrogen-bond acceptors (Lipinski definition) is 5. The van der Waals surface area contributed by atoms with Gasteiger partial charge in [-0.25, -0.2) is 0 Å². The highest BCUT2D eigenvalue weighted by molar-refractivity contribution is 8.00. The van der Waals surface area contributed by atoms with Crippen LogP contribution in [0.25, 0.3) is 0 Å². The number of rotatable bonds is 6. The molecule has 0 saturated carbocycles. The van der Waals surface area contributed by atoms with Gasteiger partial charge in [0, 0.05) is 29.1 Å². The number of amides is 2. The van der Waals surface area contributed by atoms with Crippen LogP contribution in [0.1, 0.15) is 33.8 Å². The van der Waals surface area contributed by atoms with Crippen molar-refractivity contribution in [3.05, 3.63) is 99.6 Å². The molecular weight excluding hydrogens is 426 g/mol. The van der Waals surface area contributed by atoms with Crippen molar-refractivity contribution in [2.75, 3.05) is 16.0 Å². The summed E-state index contributed by atoms with van der Waals surface area (Å²) in [6.07, 6.45) is 0.882. The zero-order chi connectivity index (χ0) is 22.7. The predicted octanol–water partition coefficient (Wildman–Crippen LogP) is 5.19. The summed E-state index contributed by atoms with van der Waals surface area (Å²) in [4.78, 5) is 37.5. The number of nitrogens with one attached hydrogen (secondary N) is 1. The average molecular weight is 448 g/mol. The first-order valence-corrected chi connectivity index (χ1v) is 11.2. The van der Waals surface area contributed by atoms with E-state index >= 15 is 0 Å². The van der Waals surface area contributed by atoms with Crippen LogP contribution < -0.4 is 10.2 Å². The van der Waals surface area contributed by atoms with Crippen molar-refractivity contribution in [3.63, 3.8) is 0 Å². The molecule has 0 aromatic heterocycles. The maximum absolute atomic E-state index is 12.7. The van der Waals surface area contributed by atoms with Crippen LogP contribution in [-0.4, -0.2) is 22.5 Å². The van der Waals surface area contributed by atoms with Gasteiger partial charge in [-0.05, 0) is 47.9 Å². The first kappa shape index (κ1) is 21.6. The lowest BCUT2D eigenvalue weighted by atomic mass is 10.1. The minimum absolute atomic E-state index is 0.0410. The van der Waals surface area contributed by atoms with E-state index in [9.17, 15) is 19.7 Å². The van der Waals surface area contributed by atoms with Gasteiger partial charge in [-0.1, -0.05) is 37.3 Å². The fourth-order valence-electron chi connectivity index (χ4n) is 3.61. The van der Waals surface area contributed by atoms with Crippen LogP contribution in [0.5, 0.6) is 0 Å². The highest BCUT2D eigenvalue weighted by Gasteiger charge is 2.34. The summed E-state index contributed by atoms with van der Waals surface area (Å²) >= 11 is 1.54. The molecule has 1 saturated heterocycles. The molecule has 3 aromatic carbocycles. The van der Waals surface area contributed by atoms with Gasteiger partial charge in [0.05, 0.1) is 10.7 Å². The molecular formula is C24H21N3O4S. The van der Waals surface area contributed by atoms with E-state index in [1.165, 1.54) is 36.0 Å². The topological polar surface area (TPSA) is 92.6 Å². The van der Waals surface area contributed by atoms with Gasteiger partial charge in [0.2, 0.25) is 5.91 Å². The Labute approximate surface area is 189 Å². The Morgan fingerprint density at radius 2 is 1.91 bits per heavy atom. The summed E-state index contributed by atoms with van der Waals surface area (Å²) in [6, 6.07) is 20.9. The van der Waals surface area contributed by atoms with Crippen molar-refractivity contribution in [1.82, 2.24) is 0 Å². The largest absolute Gasteiger partial charge is 0.322 e. The van der Waals surface area contributed by atoms with Gasteiger partial charge in [0.1, 0.15) is 5.37 Å². The summed E-state index contributed by atoms with van der Waals surface area (Å²) in [5.41, 5.74) is 3.52. The molecule has 32 heavy (non-hydrogen) atoms. The molecule has 2 amide bonds. The van der Waals surface area contributed by atoms with Crippen molar-refractivity contribution in [2.24, 2.45) is 0 Å². The van der Waals surface area contributed by atoms with Crippen molar-refractivity contribution >= 4 is 40.6 Å². The van der Waals surface area contributed by atoms with Crippen LogP contribution in [0.3, 0.4) is 0 Å². The maximum Gasteiger partial charge on any atom is 0.270 e. The van der Waals surface area contributed by atoms with Crippen LogP contribution >= 0.6 is 11.8 Å². The SMILES string of the molecule is CCc1cccc(N2C(=O)CS[C@@H]2c2cccc(NC(=O)c3cccc([N+](=O)[O-])c3)c2)c1. The number of nitro groups is 1. The Morgan fingerprint density at radius 3 is 2.69 bits per heavy atom. The molecule has 0 aliphatic carbocycles. The van der Waals surface area contributed by atoms with Gasteiger partial charge in [-0.15, -0.1) is 11.8 Å². The number of nitro benzene ring substituents is 1. The molecule has 1 aliphatic heterocycles. The van der Waals surface area contributed by atoms with E-state index in [0.717, 1.165) is 23.2 Å². The number of benzene rings is 3. The minimum atomic E-state index is -0.534. The van der Waals surface area contributed by atoms with Gasteiger partial charge >= 0.3 is 0 Å². The van der Waals surface area contributed by atoms with E-state index in [2.05, 4.69) is 12.2 Å². The normalized spacial score (nSPS) is 15.6. The number of non-ortho nitro benzene ring substituents is 1. The van der Waals surface area contributed by atoms with Gasteiger partial charge in [0.25, 0.3) is 11.6 Å². The van der Waals surface area contributed by atoms with E-state index < -0.39 is 10.8 Å². The maximum atomic E-state index is 12.7. The average Bonchev–Trinajstić information content (AvgIpc) is 3.20. The lowest BCUT2D eigenvalue weighted by molar-refractivity contribution is -0.384. The second-order valence-electron chi connectivity index (χ2n) is 7.34. The molecule has 1 heterocycles. The van der Waals surface area contributed by atoms with E-state index in [1.807, 2.05) is 42.5 Å². The van der Waals surface area contributed by atoms with E-state index in [0.29, 0.717) is 11.4 Å². The highest BCUT2D eigenvalue weighted by atomic mass is 32.2. The molecule has 162 valence electrons. The van der Waals surface area contributed by atoms with Crippen LogP contribution in [0.4, 0.5) is 17.1 Å². The van der Waals surface area contributed by atoms with Gasteiger partial charge in [-0.3, -0.25) is 24.6 Å². The van der Waals surface area contributed by atoms with Gasteiger partial charge in [0.15, 0.2) is 0 Å². The molecule has 4 rings (SSSR count). The number of nitrogens with zero attached hydrogens (tertiary/aromatic N) is 2. The Hall–Kier alpha value is -3.65. The molecule has 8 heteroatoms. The molecule has 1 N–H and O–H groups in total. The number of carbonyl (C=O) groups excluding carboxylic acids is 2. The molecule has 3 aromatic rings. The Morgan fingerprint density at radius 1 is 1.12 bits per heavy atom. The number of anilines is 2. The molecule has 1 fully saturated rings. The first-order chi connectivity index (χ1) is 15.5. The zero-order valence-corrected chi connectivity index (χ0v) is 18.2. The number of hydrogen-bond donors (Lipinski definition) is 1. The van der Waals surface area contributed by atoms with E-state index in [1.54, 1.807) is 11.0 Å². The quantitative estimate of drug-likeness (QED) is 0.415. The van der Waals surface area contributed by atoms with Crippen LogP contribution in [0.2, 0.25) is 0 Å². The van der Waals surface area contributed by atoms with Gasteiger partial charge < -0.3 is 5.32 Å². The third-order valence-corrected chi connectivity index (χ3v) is 6.43. The third kappa shape index (κ3) is 4.50. The number of thioether (sulfide) groups is 1. The summed E-state index contributed by atoms with van der Waals surface area (Å²) in [5, 5.41) is 13.6. The fraction of sp³-hybridized carbons (Fsp3) is 0.167. The second-order valence-corrected chi connectivity index (χ2v) is 8.41. The number of aryl methyl sites for hydroxylation is 1. The third-order valence-electron chi connectivity index (χ3n) is 5.21. The van der Waals surface area contributed by atoms with Crippen molar-refractivity contribution < 1.29 is 14.5 Å². The minimum Gasteiger partial charge on any atom is -0.322 e. The molecule has 1 atom stereocenters. The molecule has 1 aliphatic rings. The summed E-state index contributed by atoms with van der Waals surface area (Å²) in [5.74, 6) is -0.0153. The summed E-state index contributed by atoms with van der Waals surface area (Å²) < 4.78 is 0. The molecule has 0 radical (unpaired) electrons. The molecule has 0 bridgehead atoms. The van der Waals surface area contributed by atoms with Crippen LogP contribution in [0, 0.1) is 10.1 Å². The second kappa shape index (κ2) is 9.23.